The van der Waals surface area contributed by atoms with Crippen molar-refractivity contribution in [3.63, 3.8) is 0 Å². The van der Waals surface area contributed by atoms with Crippen LogP contribution in [0.3, 0.4) is 0 Å². The summed E-state index contributed by atoms with van der Waals surface area (Å²) in [4.78, 5) is 24.5. The summed E-state index contributed by atoms with van der Waals surface area (Å²) >= 11 is 0. The monoisotopic (exact) mass is 234 g/mol. The minimum absolute atomic E-state index is 0.121. The first kappa shape index (κ1) is 13.0. The van der Waals surface area contributed by atoms with Crippen molar-refractivity contribution >= 4 is 11.8 Å². The highest BCUT2D eigenvalue weighted by molar-refractivity contribution is 5.89. The molecule has 6 heteroatoms. The number of nitrogens with one attached hydrogen (secondary N) is 1. The first-order valence-corrected chi connectivity index (χ1v) is 5.48. The maximum atomic E-state index is 12.0. The van der Waals surface area contributed by atoms with Crippen LogP contribution in [0.15, 0.2) is 0 Å². The molecule has 0 saturated carbocycles. The average Bonchev–Trinajstić information content (AvgIpc) is 2.75. The molecule has 1 aliphatic heterocycles. The first-order valence-electron chi connectivity index (χ1n) is 5.48. The van der Waals surface area contributed by atoms with Gasteiger partial charge in [0.2, 0.25) is 11.8 Å². The van der Waals surface area contributed by atoms with Gasteiger partial charge in [-0.1, -0.05) is 0 Å². The molecule has 1 unspecified atom stereocenters. The molecule has 0 spiro atoms. The first-order chi connectivity index (χ1) is 8.19. The summed E-state index contributed by atoms with van der Waals surface area (Å²) in [6, 6.07) is 3.94. The smallest absolute Gasteiger partial charge is 0.228 e. The Morgan fingerprint density at radius 1 is 1.35 bits per heavy atom. The van der Waals surface area contributed by atoms with E-state index >= 15 is 0 Å². The van der Waals surface area contributed by atoms with E-state index in [9.17, 15) is 9.59 Å². The Morgan fingerprint density at radius 3 is 2.35 bits per heavy atom. The molecule has 90 valence electrons. The number of nitrogens with zero attached hydrogens (tertiary/aromatic N) is 3. The van der Waals surface area contributed by atoms with Crippen LogP contribution in [-0.4, -0.2) is 36.3 Å². The van der Waals surface area contributed by atoms with E-state index in [0.29, 0.717) is 19.6 Å². The van der Waals surface area contributed by atoms with E-state index in [1.807, 2.05) is 12.1 Å². The summed E-state index contributed by atoms with van der Waals surface area (Å²) in [5.41, 5.74) is 0. The number of hydrogen-bond donors (Lipinski definition) is 1. The van der Waals surface area contributed by atoms with Crippen molar-refractivity contribution in [1.82, 2.24) is 10.2 Å². The standard InChI is InChI=1S/C11H14N4O2/c12-3-1-5-15(6-2-4-13)11(17)9-7-10(16)14-8-9/h9H,1-2,5-8H2,(H,14,16). The third-order valence-electron chi connectivity index (χ3n) is 2.63. The van der Waals surface area contributed by atoms with Gasteiger partial charge in [0.1, 0.15) is 0 Å². The van der Waals surface area contributed by atoms with Gasteiger partial charge >= 0.3 is 0 Å². The fraction of sp³-hybridized carbons (Fsp3) is 0.636. The Morgan fingerprint density at radius 2 is 1.94 bits per heavy atom. The number of carbonyl (C=O) groups excluding carboxylic acids is 2. The van der Waals surface area contributed by atoms with E-state index in [1.165, 1.54) is 4.90 Å². The summed E-state index contributed by atoms with van der Waals surface area (Å²) in [5, 5.41) is 19.6. The molecule has 1 N–H and O–H groups in total. The van der Waals surface area contributed by atoms with Crippen molar-refractivity contribution in [1.29, 1.82) is 10.5 Å². The maximum absolute atomic E-state index is 12.0. The van der Waals surface area contributed by atoms with Crippen LogP contribution in [0.25, 0.3) is 0 Å². The second-order valence-corrected chi connectivity index (χ2v) is 3.85. The van der Waals surface area contributed by atoms with Crippen LogP contribution in [0, 0.1) is 28.6 Å². The molecule has 1 fully saturated rings. The summed E-state index contributed by atoms with van der Waals surface area (Å²) in [5.74, 6) is -0.613. The van der Waals surface area contributed by atoms with E-state index in [0.717, 1.165) is 0 Å². The molecule has 0 aromatic carbocycles. The third-order valence-corrected chi connectivity index (χ3v) is 2.63. The number of hydrogen-bond acceptors (Lipinski definition) is 4. The molecule has 0 aromatic rings. The van der Waals surface area contributed by atoms with Gasteiger partial charge in [-0.2, -0.15) is 10.5 Å². The maximum Gasteiger partial charge on any atom is 0.228 e. The molecule has 1 aliphatic rings. The molecule has 1 saturated heterocycles. The van der Waals surface area contributed by atoms with E-state index in [2.05, 4.69) is 5.32 Å². The van der Waals surface area contributed by atoms with Gasteiger partial charge < -0.3 is 10.2 Å². The van der Waals surface area contributed by atoms with Crippen molar-refractivity contribution in [3.05, 3.63) is 0 Å². The predicted octanol–water partition coefficient (Wildman–Crippen LogP) is -0.222. The lowest BCUT2D eigenvalue weighted by Crippen LogP contribution is -2.38. The third kappa shape index (κ3) is 3.76. The van der Waals surface area contributed by atoms with E-state index in [-0.39, 0.29) is 37.0 Å². The van der Waals surface area contributed by atoms with Gasteiger partial charge in [-0.3, -0.25) is 9.59 Å². The fourth-order valence-electron chi connectivity index (χ4n) is 1.74. The molecule has 1 rings (SSSR count). The van der Waals surface area contributed by atoms with Gasteiger partial charge in [0.05, 0.1) is 30.9 Å². The normalized spacial score (nSPS) is 18.0. The molecule has 0 aromatic heterocycles. The van der Waals surface area contributed by atoms with Crippen LogP contribution in [0.4, 0.5) is 0 Å². The lowest BCUT2D eigenvalue weighted by atomic mass is 10.1. The summed E-state index contributed by atoms with van der Waals surface area (Å²) in [6.07, 6.45) is 0.685. The topological polar surface area (TPSA) is 97.0 Å². The summed E-state index contributed by atoms with van der Waals surface area (Å²) in [6.45, 7) is 0.997. The Balaban J connectivity index is 2.56. The van der Waals surface area contributed by atoms with Crippen molar-refractivity contribution in [3.8, 4) is 12.1 Å². The lowest BCUT2D eigenvalue weighted by molar-refractivity contribution is -0.135. The van der Waals surface area contributed by atoms with Crippen LogP contribution < -0.4 is 5.32 Å². The molecule has 0 radical (unpaired) electrons. The molecular weight excluding hydrogens is 220 g/mol. The van der Waals surface area contributed by atoms with Gasteiger partial charge in [0, 0.05) is 26.1 Å². The van der Waals surface area contributed by atoms with Crippen LogP contribution in [0.5, 0.6) is 0 Å². The number of nitriles is 2. The Labute approximate surface area is 99.8 Å². The van der Waals surface area contributed by atoms with Crippen LogP contribution in [-0.2, 0) is 9.59 Å². The van der Waals surface area contributed by atoms with Crippen molar-refractivity contribution in [2.75, 3.05) is 19.6 Å². The van der Waals surface area contributed by atoms with Crippen LogP contribution in [0.2, 0.25) is 0 Å². The van der Waals surface area contributed by atoms with Gasteiger partial charge in [0.15, 0.2) is 0 Å². The number of rotatable bonds is 5. The minimum Gasteiger partial charge on any atom is -0.355 e. The molecule has 1 heterocycles. The van der Waals surface area contributed by atoms with Gasteiger partial charge in [-0.25, -0.2) is 0 Å². The quantitative estimate of drug-likeness (QED) is 0.711. The zero-order valence-corrected chi connectivity index (χ0v) is 9.48. The second-order valence-electron chi connectivity index (χ2n) is 3.85. The van der Waals surface area contributed by atoms with E-state index in [4.69, 9.17) is 10.5 Å². The number of carbonyl (C=O) groups is 2. The molecule has 1 atom stereocenters. The molecule has 0 aliphatic carbocycles. The fourth-order valence-corrected chi connectivity index (χ4v) is 1.74. The molecule has 0 bridgehead atoms. The van der Waals surface area contributed by atoms with Crippen molar-refractivity contribution in [2.45, 2.75) is 19.3 Å². The van der Waals surface area contributed by atoms with Gasteiger partial charge in [-0.05, 0) is 0 Å². The Bertz CT molecular complexity index is 362. The van der Waals surface area contributed by atoms with Crippen molar-refractivity contribution in [2.24, 2.45) is 5.92 Å². The van der Waals surface area contributed by atoms with E-state index in [1.54, 1.807) is 0 Å². The SMILES string of the molecule is N#CCCN(CCC#N)C(=O)C1CNC(=O)C1. The minimum atomic E-state index is -0.347. The largest absolute Gasteiger partial charge is 0.355 e. The van der Waals surface area contributed by atoms with Crippen molar-refractivity contribution < 1.29 is 9.59 Å². The number of amides is 2. The summed E-state index contributed by atoms with van der Waals surface area (Å²) < 4.78 is 0. The van der Waals surface area contributed by atoms with Gasteiger partial charge in [-0.15, -0.1) is 0 Å². The van der Waals surface area contributed by atoms with Gasteiger partial charge in [0.25, 0.3) is 0 Å². The van der Waals surface area contributed by atoms with Crippen LogP contribution in [0.1, 0.15) is 19.3 Å². The van der Waals surface area contributed by atoms with E-state index < -0.39 is 0 Å². The molecule has 2 amide bonds. The Kier molecular flexibility index (Phi) is 4.96. The highest BCUT2D eigenvalue weighted by Crippen LogP contribution is 2.13. The second kappa shape index (κ2) is 6.49. The molecule has 17 heavy (non-hydrogen) atoms. The predicted molar refractivity (Wildman–Crippen MR) is 58.2 cm³/mol. The van der Waals surface area contributed by atoms with Crippen LogP contribution >= 0.6 is 0 Å². The average molecular weight is 234 g/mol. The highest BCUT2D eigenvalue weighted by atomic mass is 16.2. The molecular formula is C11H14N4O2. The zero-order chi connectivity index (χ0) is 12.7. The highest BCUT2D eigenvalue weighted by Gasteiger charge is 2.30. The zero-order valence-electron chi connectivity index (χ0n) is 9.48. The summed E-state index contributed by atoms with van der Waals surface area (Å²) in [7, 11) is 0. The molecule has 6 nitrogen and oxygen atoms in total. The Hall–Kier alpha value is -2.08. The lowest BCUT2D eigenvalue weighted by Gasteiger charge is -2.23.